The second kappa shape index (κ2) is 7.11. The molecule has 0 radical (unpaired) electrons. The predicted molar refractivity (Wildman–Crippen MR) is 105 cm³/mol. The first-order chi connectivity index (χ1) is 12.3. The SMILES string of the molecule is Cc1cccc(N(C(C)C(=O)N2CCCc3ccccc32)S(C)(=O)=O)c1. The van der Waals surface area contributed by atoms with Crippen molar-refractivity contribution in [1.29, 1.82) is 0 Å². The van der Waals surface area contributed by atoms with Gasteiger partial charge in [0.2, 0.25) is 10.0 Å². The molecule has 0 saturated heterocycles. The minimum atomic E-state index is -3.61. The van der Waals surface area contributed by atoms with Gasteiger partial charge in [0.25, 0.3) is 5.91 Å². The summed E-state index contributed by atoms with van der Waals surface area (Å²) in [5.74, 6) is -0.205. The number of hydrogen-bond donors (Lipinski definition) is 0. The van der Waals surface area contributed by atoms with Gasteiger partial charge in [-0.3, -0.25) is 9.10 Å². The van der Waals surface area contributed by atoms with Gasteiger partial charge in [-0.25, -0.2) is 8.42 Å². The molecule has 0 fully saturated rings. The summed E-state index contributed by atoms with van der Waals surface area (Å²) in [6.45, 7) is 4.16. The van der Waals surface area contributed by atoms with Crippen molar-refractivity contribution >= 4 is 27.3 Å². The molecule has 1 aliphatic rings. The second-order valence-corrected chi connectivity index (χ2v) is 8.66. The summed E-state index contributed by atoms with van der Waals surface area (Å²) >= 11 is 0. The molecule has 1 heterocycles. The Kier molecular flexibility index (Phi) is 5.05. The largest absolute Gasteiger partial charge is 0.310 e. The van der Waals surface area contributed by atoms with Crippen LogP contribution in [0.1, 0.15) is 24.5 Å². The van der Waals surface area contributed by atoms with Crippen LogP contribution in [0, 0.1) is 6.92 Å². The first-order valence-corrected chi connectivity index (χ1v) is 10.6. The lowest BCUT2D eigenvalue weighted by Gasteiger charge is -2.35. The number of para-hydroxylation sites is 1. The Morgan fingerprint density at radius 3 is 2.58 bits per heavy atom. The topological polar surface area (TPSA) is 57.7 Å². The maximum atomic E-state index is 13.2. The van der Waals surface area contributed by atoms with Crippen molar-refractivity contribution in [3.63, 3.8) is 0 Å². The van der Waals surface area contributed by atoms with Gasteiger partial charge >= 0.3 is 0 Å². The summed E-state index contributed by atoms with van der Waals surface area (Å²) in [7, 11) is -3.61. The van der Waals surface area contributed by atoms with Gasteiger partial charge in [0.1, 0.15) is 6.04 Å². The van der Waals surface area contributed by atoms with Crippen molar-refractivity contribution in [1.82, 2.24) is 0 Å². The number of benzene rings is 2. The van der Waals surface area contributed by atoms with Gasteiger partial charge in [-0.1, -0.05) is 30.3 Å². The molecule has 1 aliphatic heterocycles. The molecule has 1 amide bonds. The summed E-state index contributed by atoms with van der Waals surface area (Å²) in [5.41, 5.74) is 3.46. The Morgan fingerprint density at radius 1 is 1.15 bits per heavy atom. The Balaban J connectivity index is 1.98. The number of anilines is 2. The highest BCUT2D eigenvalue weighted by atomic mass is 32.2. The molecule has 1 atom stereocenters. The maximum Gasteiger partial charge on any atom is 0.250 e. The van der Waals surface area contributed by atoms with Gasteiger partial charge in [-0.2, -0.15) is 0 Å². The van der Waals surface area contributed by atoms with E-state index >= 15 is 0 Å². The van der Waals surface area contributed by atoms with Crippen LogP contribution in [0.5, 0.6) is 0 Å². The lowest BCUT2D eigenvalue weighted by Crippen LogP contribution is -2.50. The number of hydrogen-bond acceptors (Lipinski definition) is 3. The number of amides is 1. The molecule has 0 aromatic heterocycles. The van der Waals surface area contributed by atoms with E-state index in [9.17, 15) is 13.2 Å². The van der Waals surface area contributed by atoms with E-state index in [1.165, 1.54) is 4.31 Å². The minimum Gasteiger partial charge on any atom is -0.310 e. The van der Waals surface area contributed by atoms with Crippen LogP contribution < -0.4 is 9.21 Å². The van der Waals surface area contributed by atoms with Crippen LogP contribution >= 0.6 is 0 Å². The van der Waals surface area contributed by atoms with Gasteiger partial charge in [-0.05, 0) is 56.0 Å². The molecule has 26 heavy (non-hydrogen) atoms. The number of aryl methyl sites for hydroxylation is 2. The number of carbonyl (C=O) groups is 1. The maximum absolute atomic E-state index is 13.2. The van der Waals surface area contributed by atoms with Crippen molar-refractivity contribution in [2.45, 2.75) is 32.7 Å². The molecule has 0 N–H and O–H groups in total. The van der Waals surface area contributed by atoms with Crippen LogP contribution in [0.2, 0.25) is 0 Å². The number of fused-ring (bicyclic) bond motifs is 1. The molecule has 3 rings (SSSR count). The van der Waals surface area contributed by atoms with Gasteiger partial charge in [-0.15, -0.1) is 0 Å². The van der Waals surface area contributed by atoms with E-state index in [4.69, 9.17) is 0 Å². The zero-order valence-electron chi connectivity index (χ0n) is 15.3. The average molecular weight is 372 g/mol. The summed E-state index contributed by atoms with van der Waals surface area (Å²) in [6.07, 6.45) is 2.95. The lowest BCUT2D eigenvalue weighted by atomic mass is 10.0. The number of carbonyl (C=O) groups excluding carboxylic acids is 1. The van der Waals surface area contributed by atoms with Crippen molar-refractivity contribution in [2.75, 3.05) is 22.0 Å². The lowest BCUT2D eigenvalue weighted by molar-refractivity contribution is -0.119. The fourth-order valence-corrected chi connectivity index (χ4v) is 4.72. The monoisotopic (exact) mass is 372 g/mol. The van der Waals surface area contributed by atoms with E-state index in [0.717, 1.165) is 35.9 Å². The van der Waals surface area contributed by atoms with Crippen molar-refractivity contribution < 1.29 is 13.2 Å². The molecule has 0 aliphatic carbocycles. The van der Waals surface area contributed by atoms with Crippen LogP contribution in [0.15, 0.2) is 48.5 Å². The second-order valence-electron chi connectivity index (χ2n) is 6.80. The Labute approximate surface area is 155 Å². The fraction of sp³-hybridized carbons (Fsp3) is 0.350. The average Bonchev–Trinajstić information content (AvgIpc) is 2.59. The highest BCUT2D eigenvalue weighted by Crippen LogP contribution is 2.29. The van der Waals surface area contributed by atoms with Crippen LogP contribution in [0.25, 0.3) is 0 Å². The summed E-state index contributed by atoms with van der Waals surface area (Å²) in [4.78, 5) is 14.9. The van der Waals surface area contributed by atoms with E-state index in [1.54, 1.807) is 30.0 Å². The molecular formula is C20H24N2O3S. The molecule has 0 saturated carbocycles. The molecule has 1 unspecified atom stereocenters. The zero-order chi connectivity index (χ0) is 18.9. The summed E-state index contributed by atoms with van der Waals surface area (Å²) in [6, 6.07) is 14.2. The molecule has 6 heteroatoms. The summed E-state index contributed by atoms with van der Waals surface area (Å²) in [5, 5.41) is 0. The third-order valence-corrected chi connectivity index (χ3v) is 5.94. The van der Waals surface area contributed by atoms with E-state index < -0.39 is 16.1 Å². The first kappa shape index (κ1) is 18.5. The van der Waals surface area contributed by atoms with E-state index in [1.807, 2.05) is 37.3 Å². The van der Waals surface area contributed by atoms with Gasteiger partial charge < -0.3 is 4.90 Å². The van der Waals surface area contributed by atoms with E-state index in [-0.39, 0.29) is 5.91 Å². The number of rotatable bonds is 4. The fourth-order valence-electron chi connectivity index (χ4n) is 3.56. The molecule has 5 nitrogen and oxygen atoms in total. The Bertz CT molecular complexity index is 924. The Hall–Kier alpha value is -2.34. The zero-order valence-corrected chi connectivity index (χ0v) is 16.2. The molecule has 2 aromatic rings. The van der Waals surface area contributed by atoms with E-state index in [2.05, 4.69) is 0 Å². The smallest absolute Gasteiger partial charge is 0.250 e. The highest BCUT2D eigenvalue weighted by Gasteiger charge is 2.34. The highest BCUT2D eigenvalue weighted by molar-refractivity contribution is 7.92. The summed E-state index contributed by atoms with van der Waals surface area (Å²) < 4.78 is 26.2. The Morgan fingerprint density at radius 2 is 1.88 bits per heavy atom. The van der Waals surface area contributed by atoms with Crippen molar-refractivity contribution in [2.24, 2.45) is 0 Å². The van der Waals surface area contributed by atoms with E-state index in [0.29, 0.717) is 12.2 Å². The predicted octanol–water partition coefficient (Wildman–Crippen LogP) is 3.13. The van der Waals surface area contributed by atoms with Gasteiger partial charge in [0, 0.05) is 12.2 Å². The van der Waals surface area contributed by atoms with Crippen LogP contribution in [-0.4, -0.2) is 33.2 Å². The van der Waals surface area contributed by atoms with Gasteiger partial charge in [0.15, 0.2) is 0 Å². The minimum absolute atomic E-state index is 0.205. The molecule has 0 bridgehead atoms. The van der Waals surface area contributed by atoms with Crippen molar-refractivity contribution in [3.05, 3.63) is 59.7 Å². The van der Waals surface area contributed by atoms with Crippen molar-refractivity contribution in [3.8, 4) is 0 Å². The standard InChI is InChI=1S/C20H24N2O3S/c1-15-8-6-11-18(14-15)22(26(3,24)25)16(2)20(23)21-13-7-10-17-9-4-5-12-19(17)21/h4-6,8-9,11-12,14,16H,7,10,13H2,1-3H3. The quantitative estimate of drug-likeness (QED) is 0.828. The normalized spacial score (nSPS) is 15.3. The molecular weight excluding hydrogens is 348 g/mol. The third kappa shape index (κ3) is 3.60. The first-order valence-electron chi connectivity index (χ1n) is 8.74. The number of sulfonamides is 1. The van der Waals surface area contributed by atoms with Crippen LogP contribution in [-0.2, 0) is 21.2 Å². The van der Waals surface area contributed by atoms with Gasteiger partial charge in [0.05, 0.1) is 11.9 Å². The molecule has 0 spiro atoms. The van der Waals surface area contributed by atoms with Crippen LogP contribution in [0.3, 0.4) is 0 Å². The third-order valence-electron chi connectivity index (χ3n) is 4.70. The molecule has 2 aromatic carbocycles. The molecule has 138 valence electrons. The van der Waals surface area contributed by atoms with Crippen LogP contribution in [0.4, 0.5) is 11.4 Å². The number of nitrogens with zero attached hydrogens (tertiary/aromatic N) is 2.